The van der Waals surface area contributed by atoms with Gasteiger partial charge in [0.25, 0.3) is 0 Å². The van der Waals surface area contributed by atoms with E-state index in [-0.39, 0.29) is 6.61 Å². The van der Waals surface area contributed by atoms with Crippen LogP contribution >= 0.6 is 0 Å². The molecule has 1 aromatic carbocycles. The van der Waals surface area contributed by atoms with Crippen molar-refractivity contribution < 1.29 is 14.6 Å². The van der Waals surface area contributed by atoms with Crippen LogP contribution in [0.25, 0.3) is 0 Å². The summed E-state index contributed by atoms with van der Waals surface area (Å²) in [6.07, 6.45) is -1.18. The van der Waals surface area contributed by atoms with Gasteiger partial charge in [-0.05, 0) is 37.5 Å². The molecule has 0 aliphatic heterocycles. The molecule has 1 rings (SSSR count). The smallest absolute Gasteiger partial charge is 0.339 e. The first-order chi connectivity index (χ1) is 7.06. The Bertz CT molecular complexity index is 358. The topological polar surface area (TPSA) is 46.5 Å². The molecule has 1 atom stereocenters. The molecule has 15 heavy (non-hydrogen) atoms. The quantitative estimate of drug-likeness (QED) is 0.772. The van der Waals surface area contributed by atoms with Gasteiger partial charge < -0.3 is 9.84 Å². The molecule has 3 nitrogen and oxygen atoms in total. The van der Waals surface area contributed by atoms with Crippen LogP contribution in [0.3, 0.4) is 0 Å². The number of aryl methyl sites for hydroxylation is 2. The second-order valence-electron chi connectivity index (χ2n) is 3.50. The summed E-state index contributed by atoms with van der Waals surface area (Å²) in [6.45, 7) is 5.91. The Labute approximate surface area is 89.7 Å². The lowest BCUT2D eigenvalue weighted by molar-refractivity contribution is -0.153. The van der Waals surface area contributed by atoms with Crippen molar-refractivity contribution in [2.45, 2.75) is 26.9 Å². The maximum Gasteiger partial charge on any atom is 0.339 e. The van der Waals surface area contributed by atoms with Crippen LogP contribution < -0.4 is 0 Å². The number of aliphatic hydroxyl groups excluding tert-OH is 1. The van der Waals surface area contributed by atoms with Gasteiger partial charge >= 0.3 is 5.97 Å². The van der Waals surface area contributed by atoms with Crippen molar-refractivity contribution in [2.75, 3.05) is 6.61 Å². The molecular weight excluding hydrogens is 192 g/mol. The van der Waals surface area contributed by atoms with E-state index in [2.05, 4.69) is 0 Å². The lowest BCUT2D eigenvalue weighted by Crippen LogP contribution is -2.15. The predicted molar refractivity (Wildman–Crippen MR) is 57.5 cm³/mol. The van der Waals surface area contributed by atoms with E-state index in [0.29, 0.717) is 5.56 Å². The van der Waals surface area contributed by atoms with E-state index in [0.717, 1.165) is 11.1 Å². The Hall–Kier alpha value is -1.35. The number of carbonyl (C=O) groups is 1. The van der Waals surface area contributed by atoms with Crippen LogP contribution in [0.5, 0.6) is 0 Å². The van der Waals surface area contributed by atoms with Gasteiger partial charge in [0.15, 0.2) is 6.10 Å². The zero-order chi connectivity index (χ0) is 11.4. The fourth-order valence-electron chi connectivity index (χ4n) is 1.29. The highest BCUT2D eigenvalue weighted by Gasteiger charge is 2.18. The summed E-state index contributed by atoms with van der Waals surface area (Å²) in [5, 5.41) is 9.66. The fraction of sp³-hybridized carbons (Fsp3) is 0.417. The molecule has 0 saturated carbocycles. The predicted octanol–water partition coefficient (Wildman–Crippen LogP) is 1.90. The first-order valence-electron chi connectivity index (χ1n) is 4.98. The molecule has 0 saturated heterocycles. The number of ether oxygens (including phenoxy) is 1. The third-order valence-corrected chi connectivity index (χ3v) is 2.36. The highest BCUT2D eigenvalue weighted by molar-refractivity contribution is 5.76. The van der Waals surface area contributed by atoms with Gasteiger partial charge in [0.05, 0.1) is 6.61 Å². The maximum atomic E-state index is 11.3. The third-order valence-electron chi connectivity index (χ3n) is 2.36. The summed E-state index contributed by atoms with van der Waals surface area (Å²) in [5.74, 6) is -0.597. The van der Waals surface area contributed by atoms with Gasteiger partial charge in [-0.3, -0.25) is 0 Å². The Morgan fingerprint density at radius 1 is 1.40 bits per heavy atom. The number of carbonyl (C=O) groups excluding carboxylic acids is 1. The maximum absolute atomic E-state index is 11.3. The van der Waals surface area contributed by atoms with Crippen molar-refractivity contribution in [2.24, 2.45) is 0 Å². The molecule has 1 N–H and O–H groups in total. The Morgan fingerprint density at radius 2 is 2.07 bits per heavy atom. The van der Waals surface area contributed by atoms with E-state index >= 15 is 0 Å². The van der Waals surface area contributed by atoms with Crippen molar-refractivity contribution in [1.82, 2.24) is 0 Å². The summed E-state index contributed by atoms with van der Waals surface area (Å²) in [4.78, 5) is 11.3. The molecule has 0 unspecified atom stereocenters. The molecule has 0 radical (unpaired) electrons. The van der Waals surface area contributed by atoms with Gasteiger partial charge in [-0.25, -0.2) is 4.79 Å². The highest BCUT2D eigenvalue weighted by Crippen LogP contribution is 2.18. The molecule has 0 bridgehead atoms. The average Bonchev–Trinajstić information content (AvgIpc) is 2.21. The molecule has 82 valence electrons. The molecule has 0 aliphatic carbocycles. The van der Waals surface area contributed by atoms with E-state index in [1.54, 1.807) is 19.1 Å². The number of benzene rings is 1. The summed E-state index contributed by atoms with van der Waals surface area (Å²) < 4.78 is 4.74. The Kier molecular flexibility index (Phi) is 3.86. The number of hydrogen-bond acceptors (Lipinski definition) is 3. The monoisotopic (exact) mass is 208 g/mol. The zero-order valence-electron chi connectivity index (χ0n) is 9.28. The van der Waals surface area contributed by atoms with Crippen molar-refractivity contribution in [3.63, 3.8) is 0 Å². The molecule has 0 heterocycles. The molecule has 3 heteroatoms. The fourth-order valence-corrected chi connectivity index (χ4v) is 1.29. The van der Waals surface area contributed by atoms with Crippen molar-refractivity contribution in [1.29, 1.82) is 0 Å². The van der Waals surface area contributed by atoms with E-state index in [1.165, 1.54) is 0 Å². The van der Waals surface area contributed by atoms with Gasteiger partial charge in [-0.2, -0.15) is 0 Å². The van der Waals surface area contributed by atoms with Crippen molar-refractivity contribution >= 4 is 5.97 Å². The van der Waals surface area contributed by atoms with E-state index in [9.17, 15) is 9.90 Å². The van der Waals surface area contributed by atoms with Gasteiger partial charge in [0.2, 0.25) is 0 Å². The Balaban J connectivity index is 2.86. The van der Waals surface area contributed by atoms with Gasteiger partial charge in [0.1, 0.15) is 0 Å². The molecule has 0 aromatic heterocycles. The van der Waals surface area contributed by atoms with Crippen LogP contribution in [0.15, 0.2) is 18.2 Å². The second-order valence-corrected chi connectivity index (χ2v) is 3.50. The van der Waals surface area contributed by atoms with Crippen molar-refractivity contribution in [3.05, 3.63) is 34.9 Å². The van der Waals surface area contributed by atoms with Gasteiger partial charge in [-0.1, -0.05) is 18.2 Å². The lowest BCUT2D eigenvalue weighted by atomic mass is 10.0. The first-order valence-corrected chi connectivity index (χ1v) is 4.98. The first kappa shape index (κ1) is 11.7. The van der Waals surface area contributed by atoms with Gasteiger partial charge in [-0.15, -0.1) is 0 Å². The molecule has 0 fully saturated rings. The van der Waals surface area contributed by atoms with E-state index < -0.39 is 12.1 Å². The minimum absolute atomic E-state index is 0.279. The average molecular weight is 208 g/mol. The molecule has 1 aromatic rings. The van der Waals surface area contributed by atoms with Crippen molar-refractivity contribution in [3.8, 4) is 0 Å². The molecule has 0 spiro atoms. The van der Waals surface area contributed by atoms with Gasteiger partial charge in [0, 0.05) is 0 Å². The molecular formula is C12H16O3. The largest absolute Gasteiger partial charge is 0.464 e. The second kappa shape index (κ2) is 4.94. The Morgan fingerprint density at radius 3 is 2.60 bits per heavy atom. The lowest BCUT2D eigenvalue weighted by Gasteiger charge is -2.11. The summed E-state index contributed by atoms with van der Waals surface area (Å²) in [5.41, 5.74) is 2.77. The number of aliphatic hydroxyl groups is 1. The highest BCUT2D eigenvalue weighted by atomic mass is 16.5. The molecule has 0 amide bonds. The van der Waals surface area contributed by atoms with Crippen LogP contribution in [-0.4, -0.2) is 17.7 Å². The minimum atomic E-state index is -1.18. The summed E-state index contributed by atoms with van der Waals surface area (Å²) in [7, 11) is 0. The van der Waals surface area contributed by atoms with E-state index in [1.807, 2.05) is 19.9 Å². The summed E-state index contributed by atoms with van der Waals surface area (Å²) in [6, 6.07) is 5.42. The van der Waals surface area contributed by atoms with E-state index in [4.69, 9.17) is 4.74 Å². The number of rotatable bonds is 3. The minimum Gasteiger partial charge on any atom is -0.464 e. The standard InChI is InChI=1S/C12H16O3/c1-4-15-12(14)11(13)10-6-5-8(2)9(3)7-10/h5-7,11,13H,4H2,1-3H3/t11-/m0/s1. The zero-order valence-corrected chi connectivity index (χ0v) is 9.28. The number of esters is 1. The van der Waals surface area contributed by atoms with Crippen LogP contribution in [-0.2, 0) is 9.53 Å². The SMILES string of the molecule is CCOC(=O)[C@@H](O)c1ccc(C)c(C)c1. The van der Waals surface area contributed by atoms with Crippen LogP contribution in [0.4, 0.5) is 0 Å². The molecule has 0 aliphatic rings. The van der Waals surface area contributed by atoms with Crippen LogP contribution in [0.1, 0.15) is 29.7 Å². The van der Waals surface area contributed by atoms with Crippen LogP contribution in [0, 0.1) is 13.8 Å². The normalized spacial score (nSPS) is 12.3. The van der Waals surface area contributed by atoms with Crippen LogP contribution in [0.2, 0.25) is 0 Å². The number of hydrogen-bond donors (Lipinski definition) is 1. The summed E-state index contributed by atoms with van der Waals surface area (Å²) >= 11 is 0. The third kappa shape index (κ3) is 2.80.